The van der Waals surface area contributed by atoms with Crippen molar-refractivity contribution in [2.75, 3.05) is 26.2 Å². The third-order valence-electron chi connectivity index (χ3n) is 6.76. The molecule has 0 bridgehead atoms. The third-order valence-corrected chi connectivity index (χ3v) is 6.76. The number of nitrogens with zero attached hydrogens (tertiary/aromatic N) is 1. The molecule has 1 saturated heterocycles. The number of rotatable bonds is 6. The lowest BCUT2D eigenvalue weighted by atomic mass is 9.85. The van der Waals surface area contributed by atoms with Crippen molar-refractivity contribution in [1.29, 1.82) is 0 Å². The Morgan fingerprint density at radius 3 is 1.95 bits per heavy atom. The molecule has 1 fully saturated rings. The number of ketones is 1. The van der Waals surface area contributed by atoms with E-state index in [1.165, 1.54) is 38.4 Å². The van der Waals surface area contributed by atoms with E-state index >= 15 is 0 Å². The van der Waals surface area contributed by atoms with Crippen LogP contribution in [0.5, 0.6) is 11.5 Å². The van der Waals surface area contributed by atoms with E-state index in [0.717, 1.165) is 5.56 Å². The number of aliphatic hydroxyl groups is 1. The predicted octanol–water partition coefficient (Wildman–Crippen LogP) is 5.41. The van der Waals surface area contributed by atoms with Crippen molar-refractivity contribution in [1.82, 2.24) is 0 Å². The largest absolute Gasteiger partial charge is 0.507 e. The average molecular weight is 530 g/mol. The highest BCUT2D eigenvalue weighted by Gasteiger charge is 2.47. The van der Waals surface area contributed by atoms with Crippen LogP contribution in [0.3, 0.4) is 0 Å². The molecule has 0 saturated carbocycles. The van der Waals surface area contributed by atoms with Gasteiger partial charge in [-0.15, -0.1) is 0 Å². The molecule has 1 atom stereocenters. The summed E-state index contributed by atoms with van der Waals surface area (Å²) in [5.74, 6) is -1.67. The van der Waals surface area contributed by atoms with Gasteiger partial charge < -0.3 is 19.3 Å². The number of Topliss-reactive ketones (excluding diaryl/α,β-unsaturated/α-hetero) is 1. The summed E-state index contributed by atoms with van der Waals surface area (Å²) in [4.78, 5) is 40.2. The molecule has 202 valence electrons. The van der Waals surface area contributed by atoms with Crippen LogP contribution in [0, 0.1) is 0 Å². The maximum Gasteiger partial charge on any atom is 0.337 e. The summed E-state index contributed by atoms with van der Waals surface area (Å²) in [5.41, 5.74) is 2.53. The van der Waals surface area contributed by atoms with Gasteiger partial charge in [0, 0.05) is 11.3 Å². The second-order valence-corrected chi connectivity index (χ2v) is 10.1. The number of esters is 1. The first-order valence-corrected chi connectivity index (χ1v) is 12.3. The molecule has 1 amide bonds. The van der Waals surface area contributed by atoms with Crippen molar-refractivity contribution < 1.29 is 33.7 Å². The van der Waals surface area contributed by atoms with Crippen molar-refractivity contribution in [2.24, 2.45) is 0 Å². The fraction of sp³-hybridized carbons (Fsp3) is 0.258. The van der Waals surface area contributed by atoms with Crippen molar-refractivity contribution >= 4 is 29.1 Å². The maximum absolute atomic E-state index is 13.5. The minimum Gasteiger partial charge on any atom is -0.507 e. The lowest BCUT2D eigenvalue weighted by Crippen LogP contribution is -2.29. The van der Waals surface area contributed by atoms with Gasteiger partial charge in [0.25, 0.3) is 11.7 Å². The number of carbonyl (C=O) groups is 3. The topological polar surface area (TPSA) is 102 Å². The normalized spacial score (nSPS) is 16.8. The van der Waals surface area contributed by atoms with Gasteiger partial charge in [0.1, 0.15) is 5.76 Å². The van der Waals surface area contributed by atoms with Crippen molar-refractivity contribution in [3.8, 4) is 11.5 Å². The van der Waals surface area contributed by atoms with E-state index in [2.05, 4.69) is 20.8 Å². The summed E-state index contributed by atoms with van der Waals surface area (Å²) < 4.78 is 15.4. The molecule has 0 aromatic heterocycles. The van der Waals surface area contributed by atoms with Crippen LogP contribution in [0.25, 0.3) is 5.76 Å². The smallest absolute Gasteiger partial charge is 0.337 e. The van der Waals surface area contributed by atoms with Gasteiger partial charge in [-0.1, -0.05) is 45.0 Å². The molecular formula is C31H31NO7. The molecule has 39 heavy (non-hydrogen) atoms. The highest BCUT2D eigenvalue weighted by Crippen LogP contribution is 2.43. The SMILES string of the molecule is COC(=O)c1ccc(N2C(=O)C(=O)/C(=C(\O)c3ccc(OC)c(OC)c3)C2c2ccc(C(C)(C)C)cc2)cc1. The summed E-state index contributed by atoms with van der Waals surface area (Å²) in [7, 11) is 4.25. The lowest BCUT2D eigenvalue weighted by molar-refractivity contribution is -0.132. The first kappa shape index (κ1) is 27.4. The zero-order valence-corrected chi connectivity index (χ0v) is 22.8. The highest BCUT2D eigenvalue weighted by molar-refractivity contribution is 6.51. The first-order valence-electron chi connectivity index (χ1n) is 12.3. The number of benzene rings is 3. The molecule has 3 aromatic rings. The number of methoxy groups -OCH3 is 3. The van der Waals surface area contributed by atoms with Crippen LogP contribution in [0.1, 0.15) is 53.9 Å². The van der Waals surface area contributed by atoms with Crippen molar-refractivity contribution in [3.05, 3.63) is 94.6 Å². The van der Waals surface area contributed by atoms with Gasteiger partial charge in [-0.05, 0) is 59.0 Å². The average Bonchev–Trinajstić information content (AvgIpc) is 3.21. The fourth-order valence-corrected chi connectivity index (χ4v) is 4.59. The van der Waals surface area contributed by atoms with Crippen LogP contribution in [0.4, 0.5) is 5.69 Å². The molecule has 1 N–H and O–H groups in total. The summed E-state index contributed by atoms with van der Waals surface area (Å²) in [6, 6.07) is 17.6. The molecule has 0 spiro atoms. The second-order valence-electron chi connectivity index (χ2n) is 10.1. The number of ether oxygens (including phenoxy) is 3. The Labute approximate surface area is 227 Å². The Hall–Kier alpha value is -4.59. The van der Waals surface area contributed by atoms with Crippen LogP contribution >= 0.6 is 0 Å². The van der Waals surface area contributed by atoms with E-state index in [1.807, 2.05) is 24.3 Å². The highest BCUT2D eigenvalue weighted by atomic mass is 16.5. The molecule has 1 heterocycles. The van der Waals surface area contributed by atoms with Gasteiger partial charge >= 0.3 is 5.97 Å². The van der Waals surface area contributed by atoms with E-state index < -0.39 is 23.7 Å². The van der Waals surface area contributed by atoms with E-state index in [0.29, 0.717) is 33.9 Å². The second kappa shape index (κ2) is 10.6. The van der Waals surface area contributed by atoms with E-state index in [1.54, 1.807) is 30.3 Å². The van der Waals surface area contributed by atoms with Crippen LogP contribution in [-0.2, 0) is 19.7 Å². The minimum atomic E-state index is -0.920. The lowest BCUT2D eigenvalue weighted by Gasteiger charge is -2.26. The maximum atomic E-state index is 13.5. The summed E-state index contributed by atoms with van der Waals surface area (Å²) >= 11 is 0. The molecule has 1 unspecified atom stereocenters. The summed E-state index contributed by atoms with van der Waals surface area (Å²) in [5, 5.41) is 11.4. The van der Waals surface area contributed by atoms with Gasteiger partial charge in [0.05, 0.1) is 38.5 Å². The fourth-order valence-electron chi connectivity index (χ4n) is 4.59. The summed E-state index contributed by atoms with van der Waals surface area (Å²) in [6.07, 6.45) is 0. The molecule has 0 aliphatic carbocycles. The molecule has 1 aliphatic rings. The number of hydrogen-bond donors (Lipinski definition) is 1. The quantitative estimate of drug-likeness (QED) is 0.197. The Morgan fingerprint density at radius 1 is 0.821 bits per heavy atom. The van der Waals surface area contributed by atoms with E-state index in [9.17, 15) is 19.5 Å². The molecule has 8 nitrogen and oxygen atoms in total. The van der Waals surface area contributed by atoms with Gasteiger partial charge in [0.15, 0.2) is 11.5 Å². The Morgan fingerprint density at radius 2 is 1.41 bits per heavy atom. The number of aliphatic hydroxyl groups excluding tert-OH is 1. The molecule has 0 radical (unpaired) electrons. The van der Waals surface area contributed by atoms with Crippen LogP contribution < -0.4 is 14.4 Å². The summed E-state index contributed by atoms with van der Waals surface area (Å²) in [6.45, 7) is 6.27. The van der Waals surface area contributed by atoms with Crippen LogP contribution in [0.15, 0.2) is 72.3 Å². The zero-order valence-electron chi connectivity index (χ0n) is 22.8. The van der Waals surface area contributed by atoms with Crippen LogP contribution in [0.2, 0.25) is 0 Å². The van der Waals surface area contributed by atoms with E-state index in [4.69, 9.17) is 14.2 Å². The monoisotopic (exact) mass is 529 g/mol. The van der Waals surface area contributed by atoms with Gasteiger partial charge in [0.2, 0.25) is 0 Å². The number of amides is 1. The Balaban J connectivity index is 1.91. The standard InChI is InChI=1S/C31H31NO7/c1-31(2,3)21-12-7-18(8-13-21)26-25(27(33)20-11-16-23(37-4)24(17-20)38-5)28(34)29(35)32(26)22-14-9-19(10-15-22)30(36)39-6/h7-17,26,33H,1-6H3/b27-25-. The number of anilines is 1. The molecule has 4 rings (SSSR count). The van der Waals surface area contributed by atoms with Gasteiger partial charge in [-0.2, -0.15) is 0 Å². The molecule has 3 aromatic carbocycles. The minimum absolute atomic E-state index is 0.0622. The zero-order chi connectivity index (χ0) is 28.5. The van der Waals surface area contributed by atoms with Crippen molar-refractivity contribution in [2.45, 2.75) is 32.2 Å². The van der Waals surface area contributed by atoms with Crippen LogP contribution in [-0.4, -0.2) is 44.1 Å². The molecule has 8 heteroatoms. The molecule has 1 aliphatic heterocycles. The first-order chi connectivity index (χ1) is 18.5. The Bertz CT molecular complexity index is 1450. The third kappa shape index (κ3) is 5.10. The van der Waals surface area contributed by atoms with Gasteiger partial charge in [-0.25, -0.2) is 4.79 Å². The van der Waals surface area contributed by atoms with E-state index in [-0.39, 0.29) is 16.7 Å². The Kier molecular flexibility index (Phi) is 7.49. The number of carbonyl (C=O) groups excluding carboxylic acids is 3. The van der Waals surface area contributed by atoms with Gasteiger partial charge in [-0.3, -0.25) is 14.5 Å². The number of hydrogen-bond acceptors (Lipinski definition) is 7. The molecular weight excluding hydrogens is 498 g/mol. The predicted molar refractivity (Wildman–Crippen MR) is 147 cm³/mol. The van der Waals surface area contributed by atoms with Crippen molar-refractivity contribution in [3.63, 3.8) is 0 Å².